The number of carbonyl (C=O) groups excluding carboxylic acids is 2. The first kappa shape index (κ1) is 19.9. The van der Waals surface area contributed by atoms with E-state index in [1.165, 1.54) is 43.1 Å². The van der Waals surface area contributed by atoms with Crippen LogP contribution in [0.15, 0.2) is 28.6 Å². The molecule has 0 radical (unpaired) electrons. The van der Waals surface area contributed by atoms with E-state index in [9.17, 15) is 22.4 Å². The van der Waals surface area contributed by atoms with Gasteiger partial charge in [0.05, 0.1) is 12.3 Å². The summed E-state index contributed by atoms with van der Waals surface area (Å²) >= 11 is 0.719. The molecule has 1 aliphatic rings. The fraction of sp³-hybridized carbons (Fsp3) is 0.333. The van der Waals surface area contributed by atoms with Crippen molar-refractivity contribution in [2.24, 2.45) is 0 Å². The van der Waals surface area contributed by atoms with Crippen LogP contribution in [0.1, 0.15) is 6.92 Å². The number of amides is 3. The lowest BCUT2D eigenvalue weighted by atomic mass is 10.3. The largest absolute Gasteiger partial charge is 0.423 e. The third-order valence-electron chi connectivity index (χ3n) is 3.83. The second-order valence-corrected chi connectivity index (χ2v) is 9.19. The Balaban J connectivity index is 1.77. The van der Waals surface area contributed by atoms with Crippen LogP contribution in [0.2, 0.25) is 0 Å². The van der Waals surface area contributed by atoms with Crippen LogP contribution in [-0.2, 0) is 14.6 Å². The van der Waals surface area contributed by atoms with Gasteiger partial charge in [-0.2, -0.15) is 0 Å². The number of hydrogen-bond donors (Lipinski definition) is 1. The van der Waals surface area contributed by atoms with Gasteiger partial charge in [0, 0.05) is 12.7 Å². The molecular formula is C15H16FN5O5S2. The van der Waals surface area contributed by atoms with Crippen molar-refractivity contribution in [3.05, 3.63) is 30.1 Å². The monoisotopic (exact) mass is 429 g/mol. The number of urea groups is 1. The Morgan fingerprint density at radius 2 is 2.04 bits per heavy atom. The highest BCUT2D eigenvalue weighted by molar-refractivity contribution is 7.93. The number of anilines is 2. The van der Waals surface area contributed by atoms with Crippen molar-refractivity contribution in [3.63, 3.8) is 0 Å². The third-order valence-corrected chi connectivity index (χ3v) is 6.94. The molecule has 0 saturated carbocycles. The van der Waals surface area contributed by atoms with E-state index in [2.05, 4.69) is 15.5 Å². The van der Waals surface area contributed by atoms with Crippen LogP contribution in [0.3, 0.4) is 0 Å². The molecule has 2 heterocycles. The van der Waals surface area contributed by atoms with Crippen molar-refractivity contribution >= 4 is 44.1 Å². The fourth-order valence-electron chi connectivity index (χ4n) is 2.35. The number of benzene rings is 1. The summed E-state index contributed by atoms with van der Waals surface area (Å²) in [6.45, 7) is 1.52. The van der Waals surface area contributed by atoms with E-state index in [1.54, 1.807) is 0 Å². The maximum Gasteiger partial charge on any atom is 0.413 e. The molecule has 1 fully saturated rings. The lowest BCUT2D eigenvalue weighted by Crippen LogP contribution is -2.38. The van der Waals surface area contributed by atoms with E-state index in [0.717, 1.165) is 16.2 Å². The molecule has 3 amide bonds. The normalized spacial score (nSPS) is 17.1. The van der Waals surface area contributed by atoms with Gasteiger partial charge in [0.2, 0.25) is 25.5 Å². The van der Waals surface area contributed by atoms with Gasteiger partial charge in [0.1, 0.15) is 5.82 Å². The van der Waals surface area contributed by atoms with Gasteiger partial charge in [-0.15, -0.1) is 10.2 Å². The summed E-state index contributed by atoms with van der Waals surface area (Å²) in [4.78, 5) is 26.9. The van der Waals surface area contributed by atoms with E-state index in [4.69, 9.17) is 4.74 Å². The number of halogens is 1. The van der Waals surface area contributed by atoms with Crippen LogP contribution >= 0.6 is 11.3 Å². The van der Waals surface area contributed by atoms with Crippen LogP contribution in [-0.4, -0.2) is 61.2 Å². The van der Waals surface area contributed by atoms with Crippen LogP contribution in [0.5, 0.6) is 0 Å². The van der Waals surface area contributed by atoms with E-state index in [1.807, 2.05) is 0 Å². The summed E-state index contributed by atoms with van der Waals surface area (Å²) in [6, 6.07) is 4.54. The first-order chi connectivity index (χ1) is 13.2. The van der Waals surface area contributed by atoms with E-state index in [-0.39, 0.29) is 21.8 Å². The molecule has 1 N–H and O–H groups in total. The van der Waals surface area contributed by atoms with E-state index >= 15 is 0 Å². The highest BCUT2D eigenvalue weighted by Crippen LogP contribution is 2.30. The topological polar surface area (TPSA) is 122 Å². The van der Waals surface area contributed by atoms with Crippen molar-refractivity contribution in [2.45, 2.75) is 17.5 Å². The highest BCUT2D eigenvalue weighted by atomic mass is 32.2. The number of aromatic nitrogens is 2. The Morgan fingerprint density at radius 3 is 2.68 bits per heavy atom. The second kappa shape index (κ2) is 7.67. The minimum absolute atomic E-state index is 0.000886. The first-order valence-corrected chi connectivity index (χ1v) is 10.5. The van der Waals surface area contributed by atoms with Gasteiger partial charge in [-0.3, -0.25) is 5.32 Å². The minimum Gasteiger partial charge on any atom is -0.423 e. The second-order valence-electron chi connectivity index (χ2n) is 5.78. The van der Waals surface area contributed by atoms with Crippen molar-refractivity contribution in [1.29, 1.82) is 0 Å². The molecule has 0 spiro atoms. The number of hydrogen-bond acceptors (Lipinski definition) is 8. The maximum absolute atomic E-state index is 12.9. The lowest BCUT2D eigenvalue weighted by molar-refractivity contribution is 0.116. The Hall–Kier alpha value is -2.80. The molecule has 1 unspecified atom stereocenters. The standard InChI is InChI=1S/C15H16FN5O5S2/c1-3-28(24,25)14-19-18-12(27-14)21-11(8-20(2)15(21)23)26-13(22)17-10-6-4-9(16)5-7-10/h4-7,11H,3,8H2,1-2H3,(H,17,22). The molecule has 10 nitrogen and oxygen atoms in total. The smallest absolute Gasteiger partial charge is 0.413 e. The van der Waals surface area contributed by atoms with Gasteiger partial charge < -0.3 is 9.64 Å². The molecule has 150 valence electrons. The zero-order valence-electron chi connectivity index (χ0n) is 14.8. The molecule has 0 bridgehead atoms. The summed E-state index contributed by atoms with van der Waals surface area (Å²) in [7, 11) is -2.08. The van der Waals surface area contributed by atoms with Crippen molar-refractivity contribution in [2.75, 3.05) is 29.6 Å². The number of carbonyl (C=O) groups is 2. The van der Waals surface area contributed by atoms with Crippen LogP contribution in [0.4, 0.5) is 24.8 Å². The number of ether oxygens (including phenoxy) is 1. The highest BCUT2D eigenvalue weighted by Gasteiger charge is 2.41. The number of rotatable bonds is 5. The molecule has 1 atom stereocenters. The van der Waals surface area contributed by atoms with Gasteiger partial charge in [0.25, 0.3) is 0 Å². The van der Waals surface area contributed by atoms with Crippen molar-refractivity contribution in [1.82, 2.24) is 15.1 Å². The molecule has 0 aliphatic carbocycles. The molecule has 3 rings (SSSR count). The zero-order valence-corrected chi connectivity index (χ0v) is 16.5. The number of likely N-dealkylation sites (N-methyl/N-ethyl adjacent to an activating group) is 1. The molecule has 1 aromatic carbocycles. The average Bonchev–Trinajstić information content (AvgIpc) is 3.23. The Labute approximate surface area is 163 Å². The summed E-state index contributed by atoms with van der Waals surface area (Å²) in [5.41, 5.74) is 0.308. The summed E-state index contributed by atoms with van der Waals surface area (Å²) in [5.74, 6) is -0.614. The predicted octanol–water partition coefficient (Wildman–Crippen LogP) is 1.92. The Bertz CT molecular complexity index is 995. The van der Waals surface area contributed by atoms with Gasteiger partial charge in [-0.1, -0.05) is 18.3 Å². The van der Waals surface area contributed by atoms with Gasteiger partial charge in [-0.05, 0) is 24.3 Å². The summed E-state index contributed by atoms with van der Waals surface area (Å²) in [5, 5.41) is 9.82. The first-order valence-electron chi connectivity index (χ1n) is 8.05. The van der Waals surface area contributed by atoms with E-state index in [0.29, 0.717) is 5.69 Å². The van der Waals surface area contributed by atoms with Gasteiger partial charge in [-0.25, -0.2) is 27.3 Å². The summed E-state index contributed by atoms with van der Waals surface area (Å²) < 4.78 is 41.9. The number of nitrogens with one attached hydrogen (secondary N) is 1. The fourth-order valence-corrected chi connectivity index (χ4v) is 4.46. The maximum atomic E-state index is 12.9. The third kappa shape index (κ3) is 4.04. The van der Waals surface area contributed by atoms with Crippen molar-refractivity contribution < 1.29 is 27.1 Å². The quantitative estimate of drug-likeness (QED) is 0.721. The molecule has 1 saturated heterocycles. The molecule has 28 heavy (non-hydrogen) atoms. The molecular weight excluding hydrogens is 413 g/mol. The van der Waals surface area contributed by atoms with Gasteiger partial charge in [0.15, 0.2) is 0 Å². The molecule has 1 aromatic heterocycles. The number of nitrogens with zero attached hydrogens (tertiary/aromatic N) is 4. The van der Waals surface area contributed by atoms with Crippen molar-refractivity contribution in [3.8, 4) is 0 Å². The van der Waals surface area contributed by atoms with Crippen LogP contribution in [0, 0.1) is 5.82 Å². The molecule has 1 aliphatic heterocycles. The minimum atomic E-state index is -3.58. The SMILES string of the molecule is CCS(=O)(=O)c1nnc(N2C(=O)N(C)CC2OC(=O)Nc2ccc(F)cc2)s1. The Morgan fingerprint density at radius 1 is 1.36 bits per heavy atom. The predicted molar refractivity (Wildman–Crippen MR) is 98.4 cm³/mol. The molecule has 2 aromatic rings. The lowest BCUT2D eigenvalue weighted by Gasteiger charge is -2.19. The van der Waals surface area contributed by atoms with Crippen LogP contribution in [0.25, 0.3) is 0 Å². The zero-order chi connectivity index (χ0) is 20.5. The van der Waals surface area contributed by atoms with Gasteiger partial charge >= 0.3 is 12.1 Å². The van der Waals surface area contributed by atoms with Crippen LogP contribution < -0.4 is 10.2 Å². The average molecular weight is 429 g/mol. The van der Waals surface area contributed by atoms with E-state index < -0.39 is 34.0 Å². The molecule has 13 heteroatoms. The Kier molecular flexibility index (Phi) is 5.47. The number of sulfone groups is 1. The summed E-state index contributed by atoms with van der Waals surface area (Å²) in [6.07, 6.45) is -1.90.